The Hall–Kier alpha value is -4.01. The highest BCUT2D eigenvalue weighted by Crippen LogP contribution is 2.38. The second kappa shape index (κ2) is 13.6. The molecule has 7 nitrogen and oxygen atoms in total. The zero-order valence-corrected chi connectivity index (χ0v) is 24.7. The average Bonchev–Trinajstić information content (AvgIpc) is 3.19. The van der Waals surface area contributed by atoms with Gasteiger partial charge in [-0.3, -0.25) is 19.3 Å². The highest BCUT2D eigenvalue weighted by molar-refractivity contribution is 8.18. The number of nitrogens with zero attached hydrogens (tertiary/aromatic N) is 1. The monoisotopic (exact) mass is 590 g/mol. The van der Waals surface area contributed by atoms with Crippen LogP contribution in [-0.2, 0) is 22.6 Å². The molecule has 1 fully saturated rings. The van der Waals surface area contributed by atoms with Crippen LogP contribution in [0.15, 0.2) is 72.2 Å². The maximum Gasteiger partial charge on any atom is 0.294 e. The van der Waals surface area contributed by atoms with E-state index >= 15 is 0 Å². The third-order valence-corrected chi connectivity index (χ3v) is 7.63. The molecule has 1 heterocycles. The lowest BCUT2D eigenvalue weighted by molar-refractivity contribution is -0.127. The number of halogens is 1. The SMILES string of the molecule is C=CCc1cc(/C=C2\SC(=O)N(CC(=O)Nc3cccc(C)c3C)C2=O)cc(OCC)c1OCc1ccc(Cl)cc1. The minimum absolute atomic E-state index is 0.219. The van der Waals surface area contributed by atoms with Crippen molar-refractivity contribution in [1.29, 1.82) is 0 Å². The summed E-state index contributed by atoms with van der Waals surface area (Å²) in [7, 11) is 0. The maximum atomic E-state index is 13.2. The molecule has 1 aliphatic heterocycles. The van der Waals surface area contributed by atoms with Crippen molar-refractivity contribution in [2.24, 2.45) is 0 Å². The van der Waals surface area contributed by atoms with Crippen LogP contribution in [0.1, 0.15) is 34.7 Å². The van der Waals surface area contributed by atoms with E-state index in [9.17, 15) is 14.4 Å². The third kappa shape index (κ3) is 7.39. The molecule has 9 heteroatoms. The van der Waals surface area contributed by atoms with Gasteiger partial charge in [0.1, 0.15) is 13.2 Å². The minimum Gasteiger partial charge on any atom is -0.490 e. The van der Waals surface area contributed by atoms with Crippen LogP contribution in [0.25, 0.3) is 6.08 Å². The molecule has 3 aromatic rings. The summed E-state index contributed by atoms with van der Waals surface area (Å²) in [6.45, 7) is 9.92. The summed E-state index contributed by atoms with van der Waals surface area (Å²) in [5.41, 5.74) is 5.03. The standard InChI is InChI=1S/C32H31ClN2O5S/c1-5-8-24-15-23(16-27(39-6-2)30(24)40-19-22-11-13-25(33)14-12-22)17-28-31(37)35(32(38)41-28)18-29(36)34-26-10-7-9-20(3)21(26)4/h5,7,9-17H,1,6,8,18-19H2,2-4H3,(H,34,36)/b28-17-. The first kappa shape index (κ1) is 30.0. The van der Waals surface area contributed by atoms with Crippen LogP contribution in [0, 0.1) is 13.8 Å². The molecule has 1 aliphatic rings. The molecular formula is C32H31ClN2O5S. The van der Waals surface area contributed by atoms with Crippen LogP contribution in [0.5, 0.6) is 11.5 Å². The van der Waals surface area contributed by atoms with Gasteiger partial charge in [0, 0.05) is 16.3 Å². The lowest BCUT2D eigenvalue weighted by atomic mass is 10.0. The lowest BCUT2D eigenvalue weighted by Crippen LogP contribution is -2.36. The molecule has 0 radical (unpaired) electrons. The van der Waals surface area contributed by atoms with Crippen molar-refractivity contribution in [3.8, 4) is 11.5 Å². The van der Waals surface area contributed by atoms with Gasteiger partial charge in [0.25, 0.3) is 11.1 Å². The number of nitrogens with one attached hydrogen (secondary N) is 1. The van der Waals surface area contributed by atoms with E-state index in [4.69, 9.17) is 21.1 Å². The number of amides is 3. The van der Waals surface area contributed by atoms with E-state index in [1.54, 1.807) is 36.4 Å². The largest absolute Gasteiger partial charge is 0.490 e. The van der Waals surface area contributed by atoms with Gasteiger partial charge in [-0.1, -0.05) is 41.9 Å². The fraction of sp³-hybridized carbons (Fsp3) is 0.219. The number of benzene rings is 3. The molecule has 1 saturated heterocycles. The van der Waals surface area contributed by atoms with Gasteiger partial charge in [0.2, 0.25) is 5.91 Å². The van der Waals surface area contributed by atoms with Crippen molar-refractivity contribution in [1.82, 2.24) is 4.90 Å². The topological polar surface area (TPSA) is 84.9 Å². The van der Waals surface area contributed by atoms with Gasteiger partial charge < -0.3 is 14.8 Å². The number of aryl methyl sites for hydroxylation is 1. The first-order valence-electron chi connectivity index (χ1n) is 13.1. The van der Waals surface area contributed by atoms with Crippen molar-refractivity contribution >= 4 is 52.2 Å². The Bertz CT molecular complexity index is 1520. The van der Waals surface area contributed by atoms with Crippen molar-refractivity contribution < 1.29 is 23.9 Å². The predicted molar refractivity (Wildman–Crippen MR) is 165 cm³/mol. The van der Waals surface area contributed by atoms with E-state index in [0.717, 1.165) is 38.9 Å². The second-order valence-electron chi connectivity index (χ2n) is 9.41. The van der Waals surface area contributed by atoms with E-state index in [-0.39, 0.29) is 11.4 Å². The van der Waals surface area contributed by atoms with Gasteiger partial charge in [-0.2, -0.15) is 0 Å². The number of rotatable bonds is 11. The number of allylic oxidation sites excluding steroid dienone is 1. The number of thioether (sulfide) groups is 1. The molecule has 4 rings (SSSR count). The molecule has 0 spiro atoms. The summed E-state index contributed by atoms with van der Waals surface area (Å²) in [6.07, 6.45) is 3.88. The summed E-state index contributed by atoms with van der Waals surface area (Å²) in [5.74, 6) is 0.119. The normalized spacial score (nSPS) is 14.0. The number of imide groups is 1. The van der Waals surface area contributed by atoms with Crippen LogP contribution < -0.4 is 14.8 Å². The smallest absolute Gasteiger partial charge is 0.294 e. The van der Waals surface area contributed by atoms with Crippen LogP contribution in [0.2, 0.25) is 5.02 Å². The van der Waals surface area contributed by atoms with Gasteiger partial charge in [-0.05, 0) is 97.6 Å². The van der Waals surface area contributed by atoms with Gasteiger partial charge in [-0.15, -0.1) is 6.58 Å². The molecule has 1 N–H and O–H groups in total. The molecule has 0 bridgehead atoms. The van der Waals surface area contributed by atoms with Gasteiger partial charge >= 0.3 is 0 Å². The third-order valence-electron chi connectivity index (χ3n) is 6.47. The first-order chi connectivity index (χ1) is 19.7. The van der Waals surface area contributed by atoms with Gasteiger partial charge in [-0.25, -0.2) is 0 Å². The number of hydrogen-bond acceptors (Lipinski definition) is 6. The molecule has 212 valence electrons. The first-order valence-corrected chi connectivity index (χ1v) is 14.3. The average molecular weight is 591 g/mol. The van der Waals surface area contributed by atoms with Crippen molar-refractivity contribution in [3.05, 3.63) is 105 Å². The summed E-state index contributed by atoms with van der Waals surface area (Å²) in [5, 5.41) is 2.94. The lowest BCUT2D eigenvalue weighted by Gasteiger charge is -2.17. The van der Waals surface area contributed by atoms with Gasteiger partial charge in [0.15, 0.2) is 11.5 Å². The summed E-state index contributed by atoms with van der Waals surface area (Å²) < 4.78 is 12.1. The number of anilines is 1. The van der Waals surface area contributed by atoms with Crippen molar-refractivity contribution in [3.63, 3.8) is 0 Å². The predicted octanol–water partition coefficient (Wildman–Crippen LogP) is 7.34. The van der Waals surface area contributed by atoms with Crippen LogP contribution in [-0.4, -0.2) is 35.1 Å². The maximum absolute atomic E-state index is 13.2. The highest BCUT2D eigenvalue weighted by atomic mass is 35.5. The molecule has 0 atom stereocenters. The van der Waals surface area contributed by atoms with Crippen molar-refractivity contribution in [2.45, 2.75) is 33.8 Å². The Morgan fingerprint density at radius 2 is 1.85 bits per heavy atom. The number of carbonyl (C=O) groups excluding carboxylic acids is 3. The van der Waals surface area contributed by atoms with E-state index in [1.165, 1.54) is 0 Å². The zero-order valence-electron chi connectivity index (χ0n) is 23.2. The number of carbonyl (C=O) groups is 3. The Balaban J connectivity index is 1.55. The van der Waals surface area contributed by atoms with Gasteiger partial charge in [0.05, 0.1) is 11.5 Å². The van der Waals surface area contributed by atoms with Crippen LogP contribution in [0.3, 0.4) is 0 Å². The van der Waals surface area contributed by atoms with E-state index in [2.05, 4.69) is 11.9 Å². The molecule has 3 aromatic carbocycles. The van der Waals surface area contributed by atoms with Crippen LogP contribution >= 0.6 is 23.4 Å². The van der Waals surface area contributed by atoms with E-state index in [1.807, 2.05) is 51.1 Å². The van der Waals surface area contributed by atoms with E-state index in [0.29, 0.717) is 47.4 Å². The summed E-state index contributed by atoms with van der Waals surface area (Å²) >= 11 is 6.80. The number of ether oxygens (including phenoxy) is 2. The molecule has 41 heavy (non-hydrogen) atoms. The Morgan fingerprint density at radius 3 is 2.56 bits per heavy atom. The summed E-state index contributed by atoms with van der Waals surface area (Å²) in [6, 6.07) is 16.6. The zero-order chi connectivity index (χ0) is 29.5. The quantitative estimate of drug-likeness (QED) is 0.186. The molecule has 0 aliphatic carbocycles. The highest BCUT2D eigenvalue weighted by Gasteiger charge is 2.36. The molecule has 0 saturated carbocycles. The molecule has 0 unspecified atom stereocenters. The second-order valence-corrected chi connectivity index (χ2v) is 10.8. The van der Waals surface area contributed by atoms with Crippen molar-refractivity contribution in [2.75, 3.05) is 18.5 Å². The molecule has 3 amide bonds. The molecule has 0 aromatic heterocycles. The summed E-state index contributed by atoms with van der Waals surface area (Å²) in [4.78, 5) is 39.7. The minimum atomic E-state index is -0.526. The number of hydrogen-bond donors (Lipinski definition) is 1. The molecular weight excluding hydrogens is 560 g/mol. The van der Waals surface area contributed by atoms with Crippen LogP contribution in [0.4, 0.5) is 10.5 Å². The fourth-order valence-electron chi connectivity index (χ4n) is 4.24. The van der Waals surface area contributed by atoms with E-state index < -0.39 is 17.1 Å². The Labute approximate surface area is 249 Å². The Kier molecular flexibility index (Phi) is 9.91. The fourth-order valence-corrected chi connectivity index (χ4v) is 5.21. The Morgan fingerprint density at radius 1 is 1.10 bits per heavy atom.